The number of methoxy groups -OCH3 is 1. The average molecular weight is 1060 g/mol. The molecule has 3 aromatic carbocycles. The number of hydrogen-bond acceptors (Lipinski definition) is 15. The quantitative estimate of drug-likeness (QED) is 0.0465. The van der Waals surface area contributed by atoms with Gasteiger partial charge in [-0.25, -0.2) is 18.4 Å². The molecule has 4 heterocycles. The van der Waals surface area contributed by atoms with Gasteiger partial charge in [0, 0.05) is 57.3 Å². The predicted octanol–water partition coefficient (Wildman–Crippen LogP) is 8.29. The maximum Gasteiger partial charge on any atom is 0.246 e. The number of aromatic nitrogens is 3. The number of hydrogen-bond donors (Lipinski definition) is 5. The number of sulfone groups is 1. The monoisotopic (exact) mass is 1060 g/mol. The van der Waals surface area contributed by atoms with Crippen molar-refractivity contribution in [2.24, 2.45) is 5.41 Å². The summed E-state index contributed by atoms with van der Waals surface area (Å²) >= 11 is 8.05. The minimum absolute atomic E-state index is 0.0130. The highest BCUT2D eigenvalue weighted by Crippen LogP contribution is 2.35. The van der Waals surface area contributed by atoms with Crippen LogP contribution in [0, 0.1) is 12.3 Å². The Morgan fingerprint density at radius 1 is 0.918 bits per heavy atom. The smallest absolute Gasteiger partial charge is 0.246 e. The lowest BCUT2D eigenvalue weighted by Gasteiger charge is -2.36. The molecule has 73 heavy (non-hydrogen) atoms. The number of aryl methyl sites for hydroxylation is 1. The number of aliphatic hydroxyl groups excluding tert-OH is 1. The average Bonchev–Trinajstić information content (AvgIpc) is 3.99. The molecule has 20 heteroatoms. The lowest BCUT2D eigenvalue weighted by Crippen LogP contribution is -2.57. The number of carbonyl (C=O) groups excluding carboxylic acids is 3. The first kappa shape index (κ1) is 54.9. The van der Waals surface area contributed by atoms with Gasteiger partial charge < -0.3 is 40.9 Å². The summed E-state index contributed by atoms with van der Waals surface area (Å²) in [4.78, 5) is 62.0. The first-order valence-electron chi connectivity index (χ1n) is 24.9. The Balaban J connectivity index is 0.849. The van der Waals surface area contributed by atoms with Crippen LogP contribution in [0.15, 0.2) is 83.3 Å². The molecule has 0 bridgehead atoms. The van der Waals surface area contributed by atoms with E-state index in [1.807, 2.05) is 82.6 Å². The minimum atomic E-state index is -3.58. The number of benzene rings is 3. The Bertz CT molecular complexity index is 2830. The second kappa shape index (κ2) is 24.0. The van der Waals surface area contributed by atoms with Crippen molar-refractivity contribution < 1.29 is 32.6 Å². The highest BCUT2D eigenvalue weighted by atomic mass is 35.5. The molecule has 2 fully saturated rings. The number of nitrogens with one attached hydrogen (secondary N) is 4. The number of piperazine rings is 1. The number of likely N-dealkylation sites (tertiary alicyclic amines) is 1. The molecule has 5 N–H and O–H groups in total. The molecule has 17 nitrogen and oxygen atoms in total. The van der Waals surface area contributed by atoms with Gasteiger partial charge in [-0.15, -0.1) is 11.3 Å². The number of nitrogens with zero attached hydrogens (tertiary/aromatic N) is 6. The number of carbonyl (C=O) groups is 3. The van der Waals surface area contributed by atoms with Crippen LogP contribution in [0.5, 0.6) is 5.75 Å². The molecular weight excluding hydrogens is 988 g/mol. The Kier molecular flexibility index (Phi) is 18.0. The van der Waals surface area contributed by atoms with Gasteiger partial charge in [-0.05, 0) is 87.9 Å². The molecule has 392 valence electrons. The lowest BCUT2D eigenvalue weighted by atomic mass is 9.85. The highest BCUT2D eigenvalue weighted by Gasteiger charge is 2.44. The van der Waals surface area contributed by atoms with Crippen molar-refractivity contribution in [2.75, 3.05) is 61.9 Å². The van der Waals surface area contributed by atoms with E-state index >= 15 is 0 Å². The molecular formula is C53H69ClN10O7S2. The molecule has 3 amide bonds. The highest BCUT2D eigenvalue weighted by molar-refractivity contribution is 7.92. The number of amides is 3. The van der Waals surface area contributed by atoms with Crippen LogP contribution in [-0.4, -0.2) is 126 Å². The molecule has 2 saturated heterocycles. The van der Waals surface area contributed by atoms with E-state index in [4.69, 9.17) is 16.3 Å². The molecule has 4 atom stereocenters. The third kappa shape index (κ3) is 13.7. The van der Waals surface area contributed by atoms with Gasteiger partial charge in [0.25, 0.3) is 0 Å². The van der Waals surface area contributed by atoms with Crippen molar-refractivity contribution >= 4 is 79.3 Å². The van der Waals surface area contributed by atoms with Gasteiger partial charge in [0.1, 0.15) is 22.9 Å². The summed E-state index contributed by atoms with van der Waals surface area (Å²) in [7, 11) is -1.98. The van der Waals surface area contributed by atoms with E-state index in [0.29, 0.717) is 23.5 Å². The van der Waals surface area contributed by atoms with Crippen molar-refractivity contribution in [3.8, 4) is 16.2 Å². The topological polar surface area (TPSA) is 211 Å². The van der Waals surface area contributed by atoms with E-state index in [1.54, 1.807) is 56.6 Å². The van der Waals surface area contributed by atoms with E-state index < -0.39 is 38.7 Å². The van der Waals surface area contributed by atoms with Crippen molar-refractivity contribution in [1.82, 2.24) is 35.4 Å². The Morgan fingerprint density at radius 3 is 2.32 bits per heavy atom. The molecule has 0 spiro atoms. The summed E-state index contributed by atoms with van der Waals surface area (Å²) in [5, 5.41) is 22.7. The Morgan fingerprint density at radius 2 is 1.64 bits per heavy atom. The molecule has 7 rings (SSSR count). The van der Waals surface area contributed by atoms with Gasteiger partial charge in [-0.1, -0.05) is 75.2 Å². The minimum Gasteiger partial charge on any atom is -0.494 e. The van der Waals surface area contributed by atoms with Gasteiger partial charge in [-0.2, -0.15) is 4.98 Å². The van der Waals surface area contributed by atoms with E-state index in [2.05, 4.69) is 46.0 Å². The molecule has 2 aliphatic rings. The van der Waals surface area contributed by atoms with Crippen LogP contribution in [-0.2, 0) is 24.2 Å². The summed E-state index contributed by atoms with van der Waals surface area (Å²) < 4.78 is 31.9. The number of aliphatic hydroxyl groups is 1. The number of thiazole rings is 1. The summed E-state index contributed by atoms with van der Waals surface area (Å²) in [5.74, 6) is 0.138. The fourth-order valence-corrected chi connectivity index (χ4v) is 11.2. The zero-order valence-electron chi connectivity index (χ0n) is 42.9. The number of anilines is 5. The van der Waals surface area contributed by atoms with Crippen LogP contribution in [0.4, 0.5) is 28.8 Å². The van der Waals surface area contributed by atoms with Crippen molar-refractivity contribution in [3.05, 3.63) is 94.7 Å². The Labute approximate surface area is 438 Å². The third-order valence-corrected chi connectivity index (χ3v) is 16.9. The maximum absolute atomic E-state index is 14.2. The van der Waals surface area contributed by atoms with Gasteiger partial charge in [0.2, 0.25) is 23.7 Å². The molecule has 2 aliphatic heterocycles. The molecule has 2 aromatic heterocycles. The predicted molar refractivity (Wildman–Crippen MR) is 289 cm³/mol. The number of rotatable bonds is 20. The third-order valence-electron chi connectivity index (χ3n) is 13.4. The van der Waals surface area contributed by atoms with Gasteiger partial charge in [0.05, 0.1) is 63.1 Å². The summed E-state index contributed by atoms with van der Waals surface area (Å²) in [5.41, 5.74) is 6.12. The SMILES string of the molecule is COc1cc(N2CCN(CCCCCC(=O)N[C@H](C(=O)N3C[C@H](O)C[C@H]3C(=O)N[C@@H](C)c3ccc(-c4scnc4C)cc3)C(C)(C)C)CC2)ccc1Nc1ncc(Cl)c(Nc2ccccc2S(=O)(=O)C(C)C)n1. The maximum atomic E-state index is 14.2. The first-order valence-corrected chi connectivity index (χ1v) is 27.7. The normalized spacial score (nSPS) is 17.3. The van der Waals surface area contributed by atoms with Crippen LogP contribution in [0.2, 0.25) is 5.02 Å². The molecule has 0 radical (unpaired) electrons. The van der Waals surface area contributed by atoms with Gasteiger partial charge >= 0.3 is 0 Å². The van der Waals surface area contributed by atoms with Gasteiger partial charge in [0.15, 0.2) is 15.7 Å². The van der Waals surface area contributed by atoms with E-state index in [1.165, 1.54) is 11.1 Å². The van der Waals surface area contributed by atoms with Crippen molar-refractivity contribution in [1.29, 1.82) is 0 Å². The zero-order chi connectivity index (χ0) is 52.6. The number of unbranched alkanes of at least 4 members (excludes halogenated alkanes) is 2. The second-order valence-electron chi connectivity index (χ2n) is 20.1. The van der Waals surface area contributed by atoms with Crippen LogP contribution in [0.1, 0.15) is 90.9 Å². The summed E-state index contributed by atoms with van der Waals surface area (Å²) in [6.07, 6.45) is 3.42. The van der Waals surface area contributed by atoms with E-state index in [0.717, 1.165) is 73.0 Å². The van der Waals surface area contributed by atoms with Crippen molar-refractivity contribution in [3.63, 3.8) is 0 Å². The summed E-state index contributed by atoms with van der Waals surface area (Å²) in [6, 6.07) is 18.4. The zero-order valence-corrected chi connectivity index (χ0v) is 45.3. The fourth-order valence-electron chi connectivity index (χ4n) is 9.09. The number of ether oxygens (including phenoxy) is 1. The number of β-amino-alcohol motifs (C(OH)–C–C–N with tert-alkyl or cyclic N) is 1. The number of halogens is 1. The standard InChI is InChI=1S/C53H69ClN10O7S2/c1-33(2)73(69,70)45-15-12-11-14-42(45)58-49-40(54)30-55-52(61-49)59-41-22-21-38(28-44(41)71-8)63-26-24-62(25-27-63)23-13-9-10-16-46(66)60-48(53(5,6)7)51(68)64-31-39(65)29-43(64)50(67)57-34(3)36-17-19-37(20-18-36)47-35(4)56-32-72-47/h11-12,14-15,17-22,28,30,32-34,39,43,48,65H,9-10,13,16,23-27,29,31H2,1-8H3,(H,57,67)(H,60,66)(H2,55,58,59,61)/t34-,39+,43-,48+/m0/s1. The second-order valence-corrected chi connectivity index (χ2v) is 23.9. The lowest BCUT2D eigenvalue weighted by molar-refractivity contribution is -0.144. The summed E-state index contributed by atoms with van der Waals surface area (Å²) in [6.45, 7) is 17.1. The molecule has 0 aliphatic carbocycles. The molecule has 5 aromatic rings. The molecule has 0 saturated carbocycles. The van der Waals surface area contributed by atoms with Crippen LogP contribution >= 0.6 is 22.9 Å². The van der Waals surface area contributed by atoms with E-state index in [9.17, 15) is 27.9 Å². The van der Waals surface area contributed by atoms with Crippen LogP contribution in [0.3, 0.4) is 0 Å². The largest absolute Gasteiger partial charge is 0.494 e. The Hall–Kier alpha value is -5.86. The van der Waals surface area contributed by atoms with Gasteiger partial charge in [-0.3, -0.25) is 19.3 Å². The fraction of sp³-hybridized carbons (Fsp3) is 0.472. The van der Waals surface area contributed by atoms with Crippen LogP contribution < -0.4 is 30.9 Å². The molecule has 0 unspecified atom stereocenters. The van der Waals surface area contributed by atoms with Crippen LogP contribution in [0.25, 0.3) is 10.4 Å². The first-order chi connectivity index (χ1) is 34.7. The van der Waals surface area contributed by atoms with E-state index in [-0.39, 0.29) is 64.8 Å². The number of para-hydroxylation sites is 1. The van der Waals surface area contributed by atoms with Crippen molar-refractivity contribution in [2.45, 2.75) is 115 Å².